The normalized spacial score (nSPS) is 13.5. The zero-order valence-corrected chi connectivity index (χ0v) is 17.5. The zero-order valence-electron chi connectivity index (χ0n) is 15.8. The lowest BCUT2D eigenvalue weighted by molar-refractivity contribution is -0.117. The fourth-order valence-electron chi connectivity index (χ4n) is 2.88. The number of amides is 2. The Hall–Kier alpha value is -2.45. The van der Waals surface area contributed by atoms with Crippen molar-refractivity contribution in [3.8, 4) is 0 Å². The minimum Gasteiger partial charge on any atom is -0.349 e. The maximum Gasteiger partial charge on any atom is 0.265 e. The van der Waals surface area contributed by atoms with E-state index in [0.717, 1.165) is 46.3 Å². The van der Waals surface area contributed by atoms with E-state index in [9.17, 15) is 9.59 Å². The number of benzene rings is 1. The third-order valence-corrected chi connectivity index (χ3v) is 6.91. The minimum atomic E-state index is -0.144. The Kier molecular flexibility index (Phi) is 5.32. The van der Waals surface area contributed by atoms with Crippen LogP contribution in [-0.2, 0) is 4.79 Å². The van der Waals surface area contributed by atoms with Crippen LogP contribution >= 0.6 is 22.7 Å². The Morgan fingerprint density at radius 1 is 1.07 bits per heavy atom. The number of hydrogen-bond acceptors (Lipinski definition) is 6. The van der Waals surface area contributed by atoms with Crippen molar-refractivity contribution in [1.82, 2.24) is 4.98 Å². The van der Waals surface area contributed by atoms with Crippen LogP contribution in [0.15, 0.2) is 30.3 Å². The van der Waals surface area contributed by atoms with Crippen molar-refractivity contribution in [2.24, 2.45) is 5.92 Å². The first-order valence-electron chi connectivity index (χ1n) is 9.45. The van der Waals surface area contributed by atoms with Gasteiger partial charge in [-0.3, -0.25) is 9.59 Å². The minimum absolute atomic E-state index is 0.0759. The number of nitrogens with zero attached hydrogens (tertiary/aromatic N) is 2. The van der Waals surface area contributed by atoms with E-state index in [1.165, 1.54) is 11.3 Å². The van der Waals surface area contributed by atoms with Gasteiger partial charge in [-0.15, -0.1) is 11.3 Å². The van der Waals surface area contributed by atoms with Gasteiger partial charge in [-0.2, -0.15) is 0 Å². The number of rotatable bonds is 7. The number of anilines is 3. The molecule has 2 heterocycles. The summed E-state index contributed by atoms with van der Waals surface area (Å²) in [6.45, 7) is 6.06. The van der Waals surface area contributed by atoms with Crippen molar-refractivity contribution in [3.05, 3.63) is 35.2 Å². The van der Waals surface area contributed by atoms with E-state index in [1.54, 1.807) is 35.6 Å². The fraction of sp³-hybridized carbons (Fsp3) is 0.350. The standard InChI is InChI=1S/C20H22N4O2S2/c1-3-24(4-2)20-23-19-16(28-20)11-15(27-19)18(26)22-14-9-7-13(8-10-14)21-17(25)12-5-6-12/h7-12H,3-6H2,1-2H3,(H,21,25)(H,22,26). The van der Waals surface area contributed by atoms with E-state index in [2.05, 4.69) is 34.4 Å². The summed E-state index contributed by atoms with van der Waals surface area (Å²) in [4.78, 5) is 32.8. The highest BCUT2D eigenvalue weighted by Gasteiger charge is 2.29. The van der Waals surface area contributed by atoms with Gasteiger partial charge in [-0.1, -0.05) is 11.3 Å². The zero-order chi connectivity index (χ0) is 19.7. The lowest BCUT2D eigenvalue weighted by Crippen LogP contribution is -2.21. The third kappa shape index (κ3) is 4.02. The van der Waals surface area contributed by atoms with Crippen LogP contribution in [0.2, 0.25) is 0 Å². The summed E-state index contributed by atoms with van der Waals surface area (Å²) in [5.74, 6) is 0.101. The van der Waals surface area contributed by atoms with E-state index < -0.39 is 0 Å². The topological polar surface area (TPSA) is 74.3 Å². The molecule has 1 fully saturated rings. The molecule has 0 atom stereocenters. The molecule has 2 amide bonds. The van der Waals surface area contributed by atoms with Crippen LogP contribution < -0.4 is 15.5 Å². The average Bonchev–Trinajstić information content (AvgIpc) is 3.36. The van der Waals surface area contributed by atoms with Crippen LogP contribution in [0, 0.1) is 5.92 Å². The third-order valence-electron chi connectivity index (χ3n) is 4.69. The Morgan fingerprint density at radius 3 is 2.29 bits per heavy atom. The second kappa shape index (κ2) is 7.89. The van der Waals surface area contributed by atoms with Gasteiger partial charge in [-0.25, -0.2) is 4.98 Å². The molecule has 0 saturated heterocycles. The van der Waals surface area contributed by atoms with Gasteiger partial charge in [0.25, 0.3) is 5.91 Å². The van der Waals surface area contributed by atoms with Crippen molar-refractivity contribution in [2.45, 2.75) is 26.7 Å². The Balaban J connectivity index is 1.41. The van der Waals surface area contributed by atoms with Crippen molar-refractivity contribution in [2.75, 3.05) is 28.6 Å². The highest BCUT2D eigenvalue weighted by atomic mass is 32.1. The Morgan fingerprint density at radius 2 is 1.71 bits per heavy atom. The summed E-state index contributed by atoms with van der Waals surface area (Å²) >= 11 is 3.03. The molecule has 1 aliphatic carbocycles. The summed E-state index contributed by atoms with van der Waals surface area (Å²) in [5.41, 5.74) is 1.45. The van der Waals surface area contributed by atoms with Crippen LogP contribution in [0.3, 0.4) is 0 Å². The van der Waals surface area contributed by atoms with Crippen molar-refractivity contribution >= 4 is 60.5 Å². The average molecular weight is 415 g/mol. The van der Waals surface area contributed by atoms with E-state index in [1.807, 2.05) is 6.07 Å². The monoisotopic (exact) mass is 414 g/mol. The SMILES string of the molecule is CCN(CC)c1nc2sc(C(=O)Nc3ccc(NC(=O)C4CC4)cc3)cc2s1. The first kappa shape index (κ1) is 18.9. The van der Waals surface area contributed by atoms with Crippen molar-refractivity contribution < 1.29 is 9.59 Å². The van der Waals surface area contributed by atoms with E-state index in [0.29, 0.717) is 10.6 Å². The highest BCUT2D eigenvalue weighted by Crippen LogP contribution is 2.35. The molecule has 0 spiro atoms. The Labute approximate surface area is 171 Å². The Bertz CT molecular complexity index is 970. The van der Waals surface area contributed by atoms with Crippen LogP contribution in [0.4, 0.5) is 16.5 Å². The van der Waals surface area contributed by atoms with Crippen LogP contribution in [-0.4, -0.2) is 29.9 Å². The number of aromatic nitrogens is 1. The second-order valence-electron chi connectivity index (χ2n) is 6.74. The molecule has 3 aromatic rings. The molecular formula is C20H22N4O2S2. The summed E-state index contributed by atoms with van der Waals surface area (Å²) in [5, 5.41) is 6.81. The molecule has 0 radical (unpaired) electrons. The summed E-state index contributed by atoms with van der Waals surface area (Å²) in [7, 11) is 0. The molecule has 1 aliphatic rings. The van der Waals surface area contributed by atoms with Gasteiger partial charge in [0.15, 0.2) is 5.13 Å². The summed E-state index contributed by atoms with van der Waals surface area (Å²) < 4.78 is 1.04. The molecule has 0 aliphatic heterocycles. The number of carbonyl (C=O) groups is 2. The predicted octanol–water partition coefficient (Wildman–Crippen LogP) is 4.80. The van der Waals surface area contributed by atoms with Gasteiger partial charge >= 0.3 is 0 Å². The van der Waals surface area contributed by atoms with Crippen LogP contribution in [0.25, 0.3) is 9.53 Å². The molecule has 0 unspecified atom stereocenters. The maximum absolute atomic E-state index is 12.6. The number of nitrogens with one attached hydrogen (secondary N) is 2. The number of thiophene rings is 1. The summed E-state index contributed by atoms with van der Waals surface area (Å²) in [6, 6.07) is 9.12. The fourth-order valence-corrected chi connectivity index (χ4v) is 5.12. The quantitative estimate of drug-likeness (QED) is 0.582. The predicted molar refractivity (Wildman–Crippen MR) is 117 cm³/mol. The van der Waals surface area contributed by atoms with Crippen LogP contribution in [0.1, 0.15) is 36.4 Å². The molecule has 146 valence electrons. The van der Waals surface area contributed by atoms with Gasteiger partial charge in [0.05, 0.1) is 9.58 Å². The highest BCUT2D eigenvalue weighted by molar-refractivity contribution is 7.29. The molecule has 2 aromatic heterocycles. The smallest absolute Gasteiger partial charge is 0.265 e. The van der Waals surface area contributed by atoms with Gasteiger partial charge in [0.1, 0.15) is 4.83 Å². The van der Waals surface area contributed by atoms with E-state index in [4.69, 9.17) is 0 Å². The second-order valence-corrected chi connectivity index (χ2v) is 8.78. The molecular weight excluding hydrogens is 392 g/mol. The molecule has 4 rings (SSSR count). The molecule has 1 aromatic carbocycles. The van der Waals surface area contributed by atoms with E-state index in [-0.39, 0.29) is 17.7 Å². The molecule has 2 N–H and O–H groups in total. The maximum atomic E-state index is 12.6. The van der Waals surface area contributed by atoms with Crippen molar-refractivity contribution in [3.63, 3.8) is 0 Å². The molecule has 6 nitrogen and oxygen atoms in total. The molecule has 8 heteroatoms. The van der Waals surface area contributed by atoms with Crippen molar-refractivity contribution in [1.29, 1.82) is 0 Å². The molecule has 1 saturated carbocycles. The first-order chi connectivity index (χ1) is 13.6. The van der Waals surface area contributed by atoms with Gasteiger partial charge in [0.2, 0.25) is 5.91 Å². The number of thiazole rings is 1. The largest absolute Gasteiger partial charge is 0.349 e. The molecule has 28 heavy (non-hydrogen) atoms. The van der Waals surface area contributed by atoms with Crippen LogP contribution in [0.5, 0.6) is 0 Å². The first-order valence-corrected chi connectivity index (χ1v) is 11.1. The molecule has 0 bridgehead atoms. The van der Waals surface area contributed by atoms with Gasteiger partial charge in [-0.05, 0) is 57.0 Å². The van der Waals surface area contributed by atoms with E-state index >= 15 is 0 Å². The van der Waals surface area contributed by atoms with Gasteiger partial charge < -0.3 is 15.5 Å². The number of fused-ring (bicyclic) bond motifs is 1. The number of carbonyl (C=O) groups excluding carboxylic acids is 2. The summed E-state index contributed by atoms with van der Waals surface area (Å²) in [6.07, 6.45) is 1.95. The lowest BCUT2D eigenvalue weighted by Gasteiger charge is -2.16. The van der Waals surface area contributed by atoms with Gasteiger partial charge in [0, 0.05) is 30.4 Å². The number of hydrogen-bond donors (Lipinski definition) is 2. The lowest BCUT2D eigenvalue weighted by atomic mass is 10.2.